The number of nitrogens with one attached hydrogen (secondary N) is 2. The van der Waals surface area contributed by atoms with Gasteiger partial charge in [0.05, 0.1) is 28.1 Å². The average Bonchev–Trinajstić information content (AvgIpc) is 2.87. The number of nitrogens with two attached hydrogens (primary N) is 1. The van der Waals surface area contributed by atoms with Crippen molar-refractivity contribution in [2.24, 2.45) is 16.6 Å². The lowest BCUT2D eigenvalue weighted by Gasteiger charge is -2.21. The first-order valence-corrected chi connectivity index (χ1v) is 11.7. The maximum Gasteiger partial charge on any atom is 0.264 e. The monoisotopic (exact) mass is 487 g/mol. The molecule has 1 amide bonds. The van der Waals surface area contributed by atoms with Gasteiger partial charge in [-0.05, 0) is 43.0 Å². The number of aliphatic imine (C=N–C) groups is 1. The SMILES string of the molecule is CC(N=C(N)C(C=N)NC(=O)C1C=CC=CC1)c1cc2cccc(Cl)c2c(=O)n1-c1ccccc1. The molecule has 0 saturated heterocycles. The molecular formula is C27H26ClN5O2. The van der Waals surface area contributed by atoms with Crippen LogP contribution in [0.2, 0.25) is 5.02 Å². The van der Waals surface area contributed by atoms with Crippen molar-refractivity contribution >= 4 is 40.3 Å². The van der Waals surface area contributed by atoms with Crippen molar-refractivity contribution < 1.29 is 4.79 Å². The molecule has 1 heterocycles. The van der Waals surface area contributed by atoms with Crippen molar-refractivity contribution in [1.29, 1.82) is 5.41 Å². The minimum absolute atomic E-state index is 0.0782. The van der Waals surface area contributed by atoms with E-state index in [2.05, 4.69) is 10.3 Å². The van der Waals surface area contributed by atoms with Gasteiger partial charge in [-0.1, -0.05) is 66.2 Å². The Hall–Kier alpha value is -3.97. The summed E-state index contributed by atoms with van der Waals surface area (Å²) in [7, 11) is 0. The highest BCUT2D eigenvalue weighted by Gasteiger charge is 2.22. The van der Waals surface area contributed by atoms with E-state index in [1.165, 1.54) is 0 Å². The molecule has 178 valence electrons. The number of nitrogens with zero attached hydrogens (tertiary/aromatic N) is 2. The lowest BCUT2D eigenvalue weighted by atomic mass is 9.99. The molecule has 8 heteroatoms. The predicted octanol–water partition coefficient (Wildman–Crippen LogP) is 4.33. The summed E-state index contributed by atoms with van der Waals surface area (Å²) in [6, 6.07) is 15.0. The van der Waals surface area contributed by atoms with E-state index in [-0.39, 0.29) is 23.2 Å². The summed E-state index contributed by atoms with van der Waals surface area (Å²) in [6.45, 7) is 1.81. The highest BCUT2D eigenvalue weighted by Crippen LogP contribution is 2.27. The van der Waals surface area contributed by atoms with Crippen LogP contribution in [0.4, 0.5) is 0 Å². The van der Waals surface area contributed by atoms with Gasteiger partial charge in [-0.15, -0.1) is 0 Å². The number of carbonyl (C=O) groups excluding carboxylic acids is 1. The standard InChI is InChI=1S/C27H26ClN5O2/c1-17(31-25(30)22(16-29)32-26(34)18-9-4-2-5-10-18)23-15-19-11-8-14-21(28)24(19)27(35)33(23)20-12-6-3-7-13-20/h2-9,11-18,22,29H,10H2,1H3,(H2,30,31)(H,32,34). The van der Waals surface area contributed by atoms with E-state index in [0.717, 1.165) is 6.21 Å². The van der Waals surface area contributed by atoms with Crippen LogP contribution in [0, 0.1) is 11.3 Å². The molecule has 0 saturated carbocycles. The number of hydrogen-bond donors (Lipinski definition) is 3. The fourth-order valence-electron chi connectivity index (χ4n) is 4.10. The Morgan fingerprint density at radius 3 is 2.69 bits per heavy atom. The second-order valence-corrected chi connectivity index (χ2v) is 8.69. The third-order valence-corrected chi connectivity index (χ3v) is 6.22. The van der Waals surface area contributed by atoms with Crippen LogP contribution in [0.15, 0.2) is 88.7 Å². The van der Waals surface area contributed by atoms with Gasteiger partial charge in [-0.3, -0.25) is 19.1 Å². The van der Waals surface area contributed by atoms with Crippen LogP contribution in [0.5, 0.6) is 0 Å². The zero-order valence-electron chi connectivity index (χ0n) is 19.2. The van der Waals surface area contributed by atoms with Crippen molar-refractivity contribution in [2.75, 3.05) is 0 Å². The van der Waals surface area contributed by atoms with Gasteiger partial charge in [0.25, 0.3) is 5.56 Å². The Morgan fingerprint density at radius 2 is 2.00 bits per heavy atom. The summed E-state index contributed by atoms with van der Waals surface area (Å²) in [6.07, 6.45) is 9.07. The Bertz CT molecular complexity index is 1410. The molecule has 0 fully saturated rings. The van der Waals surface area contributed by atoms with Crippen molar-refractivity contribution in [3.8, 4) is 5.69 Å². The van der Waals surface area contributed by atoms with Crippen molar-refractivity contribution in [3.05, 3.63) is 100.0 Å². The molecule has 3 atom stereocenters. The number of halogens is 1. The molecule has 0 aliphatic heterocycles. The van der Waals surface area contributed by atoms with Gasteiger partial charge in [0.1, 0.15) is 11.9 Å². The number of amides is 1. The molecule has 4 N–H and O–H groups in total. The van der Waals surface area contributed by atoms with Crippen molar-refractivity contribution in [3.63, 3.8) is 0 Å². The molecule has 3 aromatic rings. The molecule has 0 bridgehead atoms. The van der Waals surface area contributed by atoms with Gasteiger partial charge < -0.3 is 16.5 Å². The Morgan fingerprint density at radius 1 is 1.23 bits per heavy atom. The predicted molar refractivity (Wildman–Crippen MR) is 142 cm³/mol. The number of aromatic nitrogens is 1. The van der Waals surface area contributed by atoms with Crippen LogP contribution in [-0.2, 0) is 4.79 Å². The Balaban J connectivity index is 1.73. The summed E-state index contributed by atoms with van der Waals surface area (Å²) in [5.41, 5.74) is 7.27. The van der Waals surface area contributed by atoms with Crippen LogP contribution in [0.25, 0.3) is 16.5 Å². The molecule has 2 aromatic carbocycles. The number of amidine groups is 1. The van der Waals surface area contributed by atoms with Gasteiger partial charge in [-0.25, -0.2) is 0 Å². The summed E-state index contributed by atoms with van der Waals surface area (Å²) < 4.78 is 1.58. The first kappa shape index (κ1) is 24.2. The summed E-state index contributed by atoms with van der Waals surface area (Å²) in [4.78, 5) is 30.8. The Labute approximate surface area is 208 Å². The smallest absolute Gasteiger partial charge is 0.264 e. The number of carbonyl (C=O) groups is 1. The van der Waals surface area contributed by atoms with E-state index in [9.17, 15) is 9.59 Å². The molecule has 1 aromatic heterocycles. The minimum Gasteiger partial charge on any atom is -0.385 e. The topological polar surface area (TPSA) is 113 Å². The van der Waals surface area contributed by atoms with Crippen LogP contribution in [0.3, 0.4) is 0 Å². The van der Waals surface area contributed by atoms with Crippen LogP contribution in [-0.4, -0.2) is 28.6 Å². The van der Waals surface area contributed by atoms with Gasteiger partial charge in [0.15, 0.2) is 0 Å². The first-order chi connectivity index (χ1) is 16.9. The van der Waals surface area contributed by atoms with Gasteiger partial charge in [0.2, 0.25) is 5.91 Å². The lowest BCUT2D eigenvalue weighted by Crippen LogP contribution is -2.47. The molecule has 1 aliphatic rings. The van der Waals surface area contributed by atoms with Crippen molar-refractivity contribution in [1.82, 2.24) is 9.88 Å². The number of benzene rings is 2. The molecule has 35 heavy (non-hydrogen) atoms. The molecule has 0 radical (unpaired) electrons. The van der Waals surface area contributed by atoms with Gasteiger partial charge in [0, 0.05) is 11.9 Å². The van der Waals surface area contributed by atoms with E-state index in [4.69, 9.17) is 22.7 Å². The Kier molecular flexibility index (Phi) is 7.27. The number of allylic oxidation sites excluding steroid dienone is 3. The average molecular weight is 488 g/mol. The van der Waals surface area contributed by atoms with Crippen molar-refractivity contribution in [2.45, 2.75) is 25.4 Å². The second kappa shape index (κ2) is 10.5. The third-order valence-electron chi connectivity index (χ3n) is 5.91. The molecule has 4 rings (SSSR count). The zero-order chi connectivity index (χ0) is 24.9. The van der Waals surface area contributed by atoms with Gasteiger partial charge in [-0.2, -0.15) is 0 Å². The highest BCUT2D eigenvalue weighted by atomic mass is 35.5. The zero-order valence-corrected chi connectivity index (χ0v) is 19.9. The molecule has 1 aliphatic carbocycles. The molecule has 0 spiro atoms. The minimum atomic E-state index is -0.865. The maximum absolute atomic E-state index is 13.6. The quantitative estimate of drug-likeness (QED) is 0.340. The number of hydrogen-bond acceptors (Lipinski definition) is 4. The van der Waals surface area contributed by atoms with Crippen LogP contribution >= 0.6 is 11.6 Å². The van der Waals surface area contributed by atoms with Crippen LogP contribution < -0.4 is 16.6 Å². The number of rotatable bonds is 7. The van der Waals surface area contributed by atoms with Crippen LogP contribution in [0.1, 0.15) is 25.1 Å². The summed E-state index contributed by atoms with van der Waals surface area (Å²) in [5.74, 6) is -0.470. The van der Waals surface area contributed by atoms with Gasteiger partial charge >= 0.3 is 0 Å². The normalized spacial score (nSPS) is 17.2. The fraction of sp³-hybridized carbons (Fsp3) is 0.185. The van der Waals surface area contributed by atoms with E-state index >= 15 is 0 Å². The summed E-state index contributed by atoms with van der Waals surface area (Å²) in [5, 5.41) is 12.1. The second-order valence-electron chi connectivity index (χ2n) is 8.29. The molecule has 7 nitrogen and oxygen atoms in total. The van der Waals surface area contributed by atoms with E-state index in [1.807, 2.05) is 73.7 Å². The van der Waals surface area contributed by atoms with E-state index in [0.29, 0.717) is 33.6 Å². The lowest BCUT2D eigenvalue weighted by molar-refractivity contribution is -0.123. The maximum atomic E-state index is 13.6. The molecule has 3 unspecified atom stereocenters. The largest absolute Gasteiger partial charge is 0.385 e. The van der Waals surface area contributed by atoms with E-state index < -0.39 is 12.1 Å². The third kappa shape index (κ3) is 5.10. The highest BCUT2D eigenvalue weighted by molar-refractivity contribution is 6.35. The molecular weight excluding hydrogens is 462 g/mol. The first-order valence-electron chi connectivity index (χ1n) is 11.3. The number of para-hydroxylation sites is 1. The summed E-state index contributed by atoms with van der Waals surface area (Å²) >= 11 is 6.38. The van der Waals surface area contributed by atoms with E-state index in [1.54, 1.807) is 16.7 Å². The number of fused-ring (bicyclic) bond motifs is 1. The number of pyridine rings is 1. The fourth-order valence-corrected chi connectivity index (χ4v) is 4.36.